The van der Waals surface area contributed by atoms with Crippen LogP contribution in [0.3, 0.4) is 0 Å². The number of carbonyl (C=O) groups excluding carboxylic acids is 1. The van der Waals surface area contributed by atoms with Crippen LogP contribution in [0, 0.1) is 5.92 Å². The lowest BCUT2D eigenvalue weighted by molar-refractivity contribution is -0.124. The van der Waals surface area contributed by atoms with Crippen molar-refractivity contribution in [1.82, 2.24) is 9.62 Å². The van der Waals surface area contributed by atoms with Crippen molar-refractivity contribution in [3.05, 3.63) is 0 Å². The number of fused-ring (bicyclic) bond motifs is 1. The smallest absolute Gasteiger partial charge is 0.223 e. The van der Waals surface area contributed by atoms with E-state index in [0.717, 1.165) is 6.42 Å². The van der Waals surface area contributed by atoms with Crippen LogP contribution in [0.15, 0.2) is 0 Å². The summed E-state index contributed by atoms with van der Waals surface area (Å²) in [7, 11) is -3.48. The molecule has 0 aromatic heterocycles. The molecule has 2 fully saturated rings. The summed E-state index contributed by atoms with van der Waals surface area (Å²) in [5.74, 6) is 0.261. The van der Waals surface area contributed by atoms with E-state index in [2.05, 4.69) is 5.32 Å². The average Bonchev–Trinajstić information content (AvgIpc) is 2.37. The van der Waals surface area contributed by atoms with Gasteiger partial charge in [-0.3, -0.25) is 4.79 Å². The predicted molar refractivity (Wildman–Crippen MR) is 80.6 cm³/mol. The van der Waals surface area contributed by atoms with Crippen molar-refractivity contribution in [1.29, 1.82) is 0 Å². The summed E-state index contributed by atoms with van der Waals surface area (Å²) in [5.41, 5.74) is 5.56. The molecule has 0 aromatic carbocycles. The third-order valence-electron chi connectivity index (χ3n) is 4.19. The van der Waals surface area contributed by atoms with Crippen molar-refractivity contribution in [3.8, 4) is 0 Å². The normalized spacial score (nSPS) is 29.4. The van der Waals surface area contributed by atoms with Crippen LogP contribution in [-0.4, -0.2) is 48.0 Å². The SMILES string of the molecule is CCC(C(N)=S)S(=O)(=O)N1CCC2NC(=O)CCC2C1. The molecular weight excluding hydrogens is 298 g/mol. The highest BCUT2D eigenvalue weighted by atomic mass is 32.2. The molecule has 0 saturated carbocycles. The minimum atomic E-state index is -3.48. The van der Waals surface area contributed by atoms with Crippen LogP contribution in [0.5, 0.6) is 0 Å². The van der Waals surface area contributed by atoms with Gasteiger partial charge in [-0.25, -0.2) is 12.7 Å². The molecule has 3 N–H and O–H groups in total. The number of amides is 1. The maximum Gasteiger partial charge on any atom is 0.223 e. The maximum absolute atomic E-state index is 12.6. The van der Waals surface area contributed by atoms with Gasteiger partial charge in [-0.05, 0) is 25.2 Å². The third kappa shape index (κ3) is 2.96. The fourth-order valence-electron chi connectivity index (χ4n) is 3.05. The van der Waals surface area contributed by atoms with Crippen molar-refractivity contribution in [2.75, 3.05) is 13.1 Å². The Bertz CT molecular complexity index is 506. The zero-order valence-corrected chi connectivity index (χ0v) is 13.2. The Morgan fingerprint density at radius 3 is 2.85 bits per heavy atom. The molecule has 1 amide bonds. The molecule has 0 radical (unpaired) electrons. The van der Waals surface area contributed by atoms with Crippen LogP contribution in [-0.2, 0) is 14.8 Å². The van der Waals surface area contributed by atoms with E-state index in [9.17, 15) is 13.2 Å². The number of nitrogens with two attached hydrogens (primary N) is 1. The average molecular weight is 319 g/mol. The van der Waals surface area contributed by atoms with Gasteiger partial charge in [0.1, 0.15) is 5.25 Å². The summed E-state index contributed by atoms with van der Waals surface area (Å²) in [5, 5.41) is 2.16. The number of sulfonamides is 1. The zero-order valence-electron chi connectivity index (χ0n) is 11.5. The molecule has 2 aliphatic rings. The van der Waals surface area contributed by atoms with Crippen LogP contribution in [0.25, 0.3) is 0 Å². The monoisotopic (exact) mass is 319 g/mol. The second kappa shape index (κ2) is 5.95. The first-order chi connectivity index (χ1) is 9.36. The highest BCUT2D eigenvalue weighted by molar-refractivity contribution is 7.92. The fraction of sp³-hybridized carbons (Fsp3) is 0.833. The second-order valence-electron chi connectivity index (χ2n) is 5.46. The quantitative estimate of drug-likeness (QED) is 0.711. The van der Waals surface area contributed by atoms with E-state index in [0.29, 0.717) is 32.4 Å². The van der Waals surface area contributed by atoms with Crippen LogP contribution < -0.4 is 11.1 Å². The Kier molecular flexibility index (Phi) is 4.66. The maximum atomic E-state index is 12.6. The van der Waals surface area contributed by atoms with E-state index in [4.69, 9.17) is 18.0 Å². The lowest BCUT2D eigenvalue weighted by atomic mass is 9.86. The summed E-state index contributed by atoms with van der Waals surface area (Å²) >= 11 is 4.88. The fourth-order valence-corrected chi connectivity index (χ4v) is 5.41. The van der Waals surface area contributed by atoms with Gasteiger partial charge in [0, 0.05) is 25.6 Å². The minimum absolute atomic E-state index is 0.0339. The Morgan fingerprint density at radius 2 is 2.25 bits per heavy atom. The van der Waals surface area contributed by atoms with Crippen LogP contribution in [0.4, 0.5) is 0 Å². The second-order valence-corrected chi connectivity index (χ2v) is 8.05. The number of rotatable bonds is 4. The Morgan fingerprint density at radius 1 is 1.55 bits per heavy atom. The third-order valence-corrected chi connectivity index (χ3v) is 6.98. The van der Waals surface area contributed by atoms with E-state index in [1.165, 1.54) is 4.31 Å². The molecule has 0 bridgehead atoms. The Hall–Kier alpha value is -0.730. The topological polar surface area (TPSA) is 92.5 Å². The number of thiocarbonyl (C=S) groups is 1. The van der Waals surface area contributed by atoms with Crippen LogP contribution >= 0.6 is 12.2 Å². The molecule has 6 nitrogen and oxygen atoms in total. The summed E-state index contributed by atoms with van der Waals surface area (Å²) in [6.45, 7) is 2.64. The number of nitrogens with zero attached hydrogens (tertiary/aromatic N) is 1. The van der Waals surface area contributed by atoms with E-state index in [1.54, 1.807) is 6.92 Å². The van der Waals surface area contributed by atoms with E-state index < -0.39 is 15.3 Å². The standard InChI is InChI=1S/C12H21N3O3S2/c1-2-10(12(13)19)20(17,18)15-6-5-9-8(7-15)3-4-11(16)14-9/h8-10H,2-7H2,1H3,(H2,13,19)(H,14,16). The molecule has 2 heterocycles. The molecule has 114 valence electrons. The van der Waals surface area contributed by atoms with Gasteiger partial charge in [0.25, 0.3) is 0 Å². The number of hydrogen-bond donors (Lipinski definition) is 2. The van der Waals surface area contributed by atoms with Gasteiger partial charge in [-0.15, -0.1) is 0 Å². The largest absolute Gasteiger partial charge is 0.392 e. The summed E-state index contributed by atoms with van der Waals surface area (Å²) in [6, 6.07) is 0.104. The Labute approximate surface area is 125 Å². The summed E-state index contributed by atoms with van der Waals surface area (Å²) < 4.78 is 26.6. The molecule has 20 heavy (non-hydrogen) atoms. The molecule has 2 aliphatic heterocycles. The molecule has 0 aromatic rings. The van der Waals surface area contributed by atoms with Gasteiger partial charge in [0.15, 0.2) is 0 Å². The molecule has 3 unspecified atom stereocenters. The molecule has 8 heteroatoms. The number of nitrogens with one attached hydrogen (secondary N) is 1. The highest BCUT2D eigenvalue weighted by Gasteiger charge is 2.40. The van der Waals surface area contributed by atoms with E-state index >= 15 is 0 Å². The summed E-state index contributed by atoms with van der Waals surface area (Å²) in [4.78, 5) is 11.4. The summed E-state index contributed by atoms with van der Waals surface area (Å²) in [6.07, 6.45) is 2.26. The van der Waals surface area contributed by atoms with Gasteiger partial charge in [0.2, 0.25) is 15.9 Å². The number of hydrogen-bond acceptors (Lipinski definition) is 4. The molecular formula is C12H21N3O3S2. The number of piperidine rings is 2. The first kappa shape index (κ1) is 15.7. The number of carbonyl (C=O) groups is 1. The van der Waals surface area contributed by atoms with E-state index in [-0.39, 0.29) is 22.9 Å². The first-order valence-electron chi connectivity index (χ1n) is 6.94. The molecule has 2 rings (SSSR count). The molecule has 3 atom stereocenters. The molecule has 0 aliphatic carbocycles. The van der Waals surface area contributed by atoms with Gasteiger partial charge in [-0.2, -0.15) is 0 Å². The van der Waals surface area contributed by atoms with Crippen molar-refractivity contribution < 1.29 is 13.2 Å². The first-order valence-corrected chi connectivity index (χ1v) is 8.85. The van der Waals surface area contributed by atoms with Gasteiger partial charge >= 0.3 is 0 Å². The van der Waals surface area contributed by atoms with Crippen molar-refractivity contribution in [2.45, 2.75) is 43.9 Å². The van der Waals surface area contributed by atoms with E-state index in [1.807, 2.05) is 0 Å². The lowest BCUT2D eigenvalue weighted by Crippen LogP contribution is -2.57. The van der Waals surface area contributed by atoms with Crippen molar-refractivity contribution in [3.63, 3.8) is 0 Å². The van der Waals surface area contributed by atoms with Gasteiger partial charge in [0.05, 0.1) is 4.99 Å². The zero-order chi connectivity index (χ0) is 14.9. The Balaban J connectivity index is 2.11. The van der Waals surface area contributed by atoms with Crippen molar-refractivity contribution >= 4 is 33.1 Å². The molecule has 2 saturated heterocycles. The minimum Gasteiger partial charge on any atom is -0.392 e. The lowest BCUT2D eigenvalue weighted by Gasteiger charge is -2.41. The van der Waals surface area contributed by atoms with Crippen LogP contribution in [0.1, 0.15) is 32.6 Å². The van der Waals surface area contributed by atoms with Gasteiger partial charge in [-0.1, -0.05) is 19.1 Å². The predicted octanol–water partition coefficient (Wildman–Crippen LogP) is -0.0186. The molecule has 0 spiro atoms. The van der Waals surface area contributed by atoms with Gasteiger partial charge < -0.3 is 11.1 Å². The highest BCUT2D eigenvalue weighted by Crippen LogP contribution is 2.28. The van der Waals surface area contributed by atoms with Crippen molar-refractivity contribution in [2.24, 2.45) is 11.7 Å². The van der Waals surface area contributed by atoms with Crippen LogP contribution in [0.2, 0.25) is 0 Å².